The van der Waals surface area contributed by atoms with Crippen molar-refractivity contribution in [2.24, 2.45) is 0 Å². The Morgan fingerprint density at radius 1 is 0.724 bits per heavy atom. The number of benzene rings is 3. The van der Waals surface area contributed by atoms with Gasteiger partial charge in [-0.1, -0.05) is 99.3 Å². The van der Waals surface area contributed by atoms with Crippen molar-refractivity contribution in [3.05, 3.63) is 127 Å². The van der Waals surface area contributed by atoms with Gasteiger partial charge in [-0.25, -0.2) is 0 Å². The van der Waals surface area contributed by atoms with Gasteiger partial charge in [0.1, 0.15) is 23.2 Å². The predicted octanol–water partition coefficient (Wildman–Crippen LogP) is 6.70. The van der Waals surface area contributed by atoms with Crippen LogP contribution in [0.5, 0.6) is 0 Å². The molecule has 3 aromatic carbocycles. The average molecular weight is 400 g/mol. The molecule has 0 bridgehead atoms. The van der Waals surface area contributed by atoms with Crippen LogP contribution in [0, 0.1) is 0 Å². The molecule has 0 aliphatic carbocycles. The average Bonchev–Trinajstić information content (AvgIpc) is 2.82. The molecule has 29 heavy (non-hydrogen) atoms. The molecule has 0 amide bonds. The second-order valence-corrected chi connectivity index (χ2v) is 9.93. The summed E-state index contributed by atoms with van der Waals surface area (Å²) in [4.78, 5) is 0. The molecular weight excluding hydrogens is 367 g/mol. The molecule has 0 radical (unpaired) electrons. The highest BCUT2D eigenvalue weighted by Gasteiger charge is 2.45. The summed E-state index contributed by atoms with van der Waals surface area (Å²) in [5, 5.41) is 4.20. The van der Waals surface area contributed by atoms with E-state index in [1.54, 1.807) is 0 Å². The van der Waals surface area contributed by atoms with E-state index in [9.17, 15) is 0 Å². The van der Waals surface area contributed by atoms with Crippen LogP contribution in [0.3, 0.4) is 0 Å². The molecule has 0 aliphatic heterocycles. The lowest BCUT2D eigenvalue weighted by Crippen LogP contribution is -2.33. The van der Waals surface area contributed by atoms with E-state index in [1.165, 1.54) is 21.5 Å². The zero-order valence-electron chi connectivity index (χ0n) is 17.8. The minimum atomic E-state index is -1.84. The van der Waals surface area contributed by atoms with Gasteiger partial charge in [0.2, 0.25) is 0 Å². The third-order valence-corrected chi connectivity index (χ3v) is 9.15. The molecule has 0 spiro atoms. The Balaban J connectivity index is 0.00000145. The topological polar surface area (TPSA) is 0 Å². The van der Waals surface area contributed by atoms with Gasteiger partial charge in [-0.2, -0.15) is 0 Å². The molecule has 0 heterocycles. The first-order valence-corrected chi connectivity index (χ1v) is 12.3. The Morgan fingerprint density at radius 2 is 1.10 bits per heavy atom. The second kappa shape index (κ2) is 12.0. The fourth-order valence-electron chi connectivity index (χ4n) is 3.45. The molecule has 0 saturated carbocycles. The zero-order chi connectivity index (χ0) is 21.0. The molecule has 0 fully saturated rings. The number of allylic oxidation sites excluding steroid dienone is 5. The minimum absolute atomic E-state index is 0.957. The van der Waals surface area contributed by atoms with Crippen molar-refractivity contribution < 1.29 is 0 Å². The summed E-state index contributed by atoms with van der Waals surface area (Å²) >= 11 is 0. The Labute approximate surface area is 177 Å². The molecule has 3 rings (SSSR count). The van der Waals surface area contributed by atoms with Crippen LogP contribution >= 0.6 is 7.26 Å². The van der Waals surface area contributed by atoms with E-state index in [4.69, 9.17) is 0 Å². The molecule has 0 saturated heterocycles. The Morgan fingerprint density at radius 3 is 1.41 bits per heavy atom. The maximum absolute atomic E-state index is 4.09. The van der Waals surface area contributed by atoms with Crippen molar-refractivity contribution in [2.75, 3.05) is 6.16 Å². The number of rotatable bonds is 7. The Bertz CT molecular complexity index is 810. The molecule has 1 heteroatoms. The first-order valence-electron chi connectivity index (χ1n) is 10.3. The predicted molar refractivity (Wildman–Crippen MR) is 134 cm³/mol. The Hall–Kier alpha value is -2.69. The van der Waals surface area contributed by atoms with Gasteiger partial charge in [-0.05, 0) is 48.9 Å². The van der Waals surface area contributed by atoms with Crippen LogP contribution in [0.1, 0.15) is 20.8 Å². The smallest absolute Gasteiger partial charge is 0.0987 e. The zero-order valence-corrected chi connectivity index (χ0v) is 18.7. The fourth-order valence-corrected chi connectivity index (χ4v) is 7.72. The number of hydrogen-bond donors (Lipinski definition) is 0. The van der Waals surface area contributed by atoms with Crippen LogP contribution in [-0.4, -0.2) is 6.16 Å². The van der Waals surface area contributed by atoms with Crippen LogP contribution in [0.4, 0.5) is 0 Å². The highest BCUT2D eigenvalue weighted by Crippen LogP contribution is 2.56. The molecular formula is C28H32P+. The van der Waals surface area contributed by atoms with E-state index in [-0.39, 0.29) is 0 Å². The number of hydrogen-bond acceptors (Lipinski definition) is 0. The Kier molecular flexibility index (Phi) is 9.35. The normalized spacial score (nSPS) is 11.6. The van der Waals surface area contributed by atoms with Gasteiger partial charge in [0, 0.05) is 0 Å². The minimum Gasteiger partial charge on any atom is -0.0987 e. The molecule has 148 valence electrons. The van der Waals surface area contributed by atoms with Crippen LogP contribution in [0.2, 0.25) is 0 Å². The lowest BCUT2D eigenvalue weighted by Gasteiger charge is -2.28. The van der Waals surface area contributed by atoms with Crippen molar-refractivity contribution in [1.82, 2.24) is 0 Å². The third kappa shape index (κ3) is 5.43. The van der Waals surface area contributed by atoms with Crippen LogP contribution in [0.25, 0.3) is 0 Å². The first-order chi connectivity index (χ1) is 14.3. The van der Waals surface area contributed by atoms with Gasteiger partial charge >= 0.3 is 0 Å². The van der Waals surface area contributed by atoms with E-state index >= 15 is 0 Å². The van der Waals surface area contributed by atoms with E-state index in [0.717, 1.165) is 6.16 Å². The van der Waals surface area contributed by atoms with Crippen LogP contribution < -0.4 is 15.9 Å². The standard InChI is InChI=1S/C26H26P.C2H6/c1-3-5-15-23(4-2)22-27(24-16-9-6-10-17-24,25-18-11-7-12-19-25)26-20-13-8-14-21-26;1-2/h3-21H,2,22H2,1H3;1-2H3/q+1;/b5-3-,23-15+;. The van der Waals surface area contributed by atoms with Gasteiger partial charge in [0.25, 0.3) is 0 Å². The molecule has 3 aromatic rings. The van der Waals surface area contributed by atoms with Crippen molar-refractivity contribution in [2.45, 2.75) is 20.8 Å². The molecule has 0 atom stereocenters. The lowest BCUT2D eigenvalue weighted by atomic mass is 10.3. The summed E-state index contributed by atoms with van der Waals surface area (Å²) in [7, 11) is -1.84. The quantitative estimate of drug-likeness (QED) is 0.306. The van der Waals surface area contributed by atoms with Gasteiger partial charge in [0.05, 0.1) is 6.16 Å². The van der Waals surface area contributed by atoms with Crippen LogP contribution in [0.15, 0.2) is 127 Å². The molecule has 0 aliphatic rings. The molecule has 0 unspecified atom stereocenters. The highest BCUT2D eigenvalue weighted by molar-refractivity contribution is 7.95. The van der Waals surface area contributed by atoms with E-state index in [2.05, 4.69) is 116 Å². The fraction of sp³-hybridized carbons (Fsp3) is 0.143. The van der Waals surface area contributed by atoms with Gasteiger partial charge < -0.3 is 0 Å². The molecule has 0 aromatic heterocycles. The van der Waals surface area contributed by atoms with Gasteiger partial charge in [-0.3, -0.25) is 0 Å². The summed E-state index contributed by atoms with van der Waals surface area (Å²) in [6.07, 6.45) is 9.32. The van der Waals surface area contributed by atoms with E-state index in [1.807, 2.05) is 26.8 Å². The monoisotopic (exact) mass is 399 g/mol. The van der Waals surface area contributed by atoms with Crippen molar-refractivity contribution in [1.29, 1.82) is 0 Å². The summed E-state index contributed by atoms with van der Waals surface area (Å²) in [5.41, 5.74) is 1.26. The van der Waals surface area contributed by atoms with E-state index in [0.29, 0.717) is 0 Å². The van der Waals surface area contributed by atoms with Crippen molar-refractivity contribution in [3.63, 3.8) is 0 Å². The summed E-state index contributed by atoms with van der Waals surface area (Å²) < 4.78 is 0. The maximum Gasteiger partial charge on any atom is 0.116 e. The third-order valence-electron chi connectivity index (χ3n) is 4.78. The van der Waals surface area contributed by atoms with E-state index < -0.39 is 7.26 Å². The van der Waals surface area contributed by atoms with Crippen molar-refractivity contribution in [3.8, 4) is 0 Å². The largest absolute Gasteiger partial charge is 0.116 e. The molecule has 0 nitrogen and oxygen atoms in total. The van der Waals surface area contributed by atoms with Gasteiger partial charge in [0.15, 0.2) is 0 Å². The van der Waals surface area contributed by atoms with Crippen LogP contribution in [-0.2, 0) is 0 Å². The van der Waals surface area contributed by atoms with Gasteiger partial charge in [-0.15, -0.1) is 0 Å². The highest BCUT2D eigenvalue weighted by atomic mass is 31.2. The second-order valence-electron chi connectivity index (χ2n) is 6.45. The summed E-state index contributed by atoms with van der Waals surface area (Å²) in [6, 6.07) is 32.9. The lowest BCUT2D eigenvalue weighted by molar-refractivity contribution is 1.50. The summed E-state index contributed by atoms with van der Waals surface area (Å²) in [5.74, 6) is 0. The first kappa shape index (κ1) is 22.6. The molecule has 0 N–H and O–H groups in total. The maximum atomic E-state index is 4.09. The van der Waals surface area contributed by atoms with Crippen molar-refractivity contribution >= 4 is 23.2 Å². The summed E-state index contributed by atoms with van der Waals surface area (Å²) in [6.45, 7) is 10.1. The SMILES string of the molecule is C=C/C(=C\C=C/C)C[P+](c1ccccc1)(c1ccccc1)c1ccccc1.CC.